The average molecular weight is 348 g/mol. The van der Waals surface area contributed by atoms with Crippen molar-refractivity contribution < 1.29 is 4.79 Å². The first kappa shape index (κ1) is 17.3. The van der Waals surface area contributed by atoms with E-state index in [4.69, 9.17) is 0 Å². The van der Waals surface area contributed by atoms with E-state index in [0.717, 1.165) is 38.0 Å². The molecular weight excluding hydrogens is 320 g/mol. The fourth-order valence-corrected chi connectivity index (χ4v) is 4.44. The molecule has 26 heavy (non-hydrogen) atoms. The molecule has 1 atom stereocenters. The Kier molecular flexibility index (Phi) is 5.07. The van der Waals surface area contributed by atoms with Crippen LogP contribution in [0.5, 0.6) is 0 Å². The van der Waals surface area contributed by atoms with Gasteiger partial charge in [0, 0.05) is 31.2 Å². The first-order chi connectivity index (χ1) is 12.7. The minimum absolute atomic E-state index is 0.184. The van der Waals surface area contributed by atoms with Crippen molar-refractivity contribution in [1.29, 1.82) is 0 Å². The van der Waals surface area contributed by atoms with Gasteiger partial charge in [0.15, 0.2) is 0 Å². The van der Waals surface area contributed by atoms with Gasteiger partial charge in [0.1, 0.15) is 0 Å². The van der Waals surface area contributed by atoms with E-state index in [9.17, 15) is 4.79 Å². The van der Waals surface area contributed by atoms with Gasteiger partial charge in [-0.15, -0.1) is 0 Å². The summed E-state index contributed by atoms with van der Waals surface area (Å²) in [5, 5.41) is 0. The van der Waals surface area contributed by atoms with E-state index in [0.29, 0.717) is 6.04 Å². The van der Waals surface area contributed by atoms with Gasteiger partial charge < -0.3 is 4.90 Å². The lowest BCUT2D eigenvalue weighted by atomic mass is 9.87. The maximum Gasteiger partial charge on any atom is 0.253 e. The van der Waals surface area contributed by atoms with Crippen LogP contribution in [0, 0.1) is 0 Å². The summed E-state index contributed by atoms with van der Waals surface area (Å²) in [6.07, 6.45) is 5.96. The third-order valence-corrected chi connectivity index (χ3v) is 5.90. The van der Waals surface area contributed by atoms with Gasteiger partial charge in [-0.2, -0.15) is 0 Å². The summed E-state index contributed by atoms with van der Waals surface area (Å²) in [6, 6.07) is 17.6. The van der Waals surface area contributed by atoms with Crippen molar-refractivity contribution in [1.82, 2.24) is 9.80 Å². The van der Waals surface area contributed by atoms with Gasteiger partial charge in [0.05, 0.1) is 0 Å². The Balaban J connectivity index is 1.43. The molecule has 0 bridgehead atoms. The molecule has 2 aromatic carbocycles. The molecule has 1 heterocycles. The number of likely N-dealkylation sites (tertiary alicyclic amines) is 1. The van der Waals surface area contributed by atoms with Gasteiger partial charge in [0.2, 0.25) is 0 Å². The van der Waals surface area contributed by atoms with Crippen LogP contribution in [0.25, 0.3) is 0 Å². The first-order valence-corrected chi connectivity index (χ1v) is 9.88. The standard InChI is InChI=1S/C23H28N2O/c1-24(22-10-6-8-19-7-2-3-9-21(19)22)17-18-11-13-20(14-12-18)23(26)25-15-4-5-16-25/h2-3,7,9,11-14,22H,4-6,8,10,15-17H2,1H3/t22-/m1/s1. The van der Waals surface area contributed by atoms with Gasteiger partial charge in [-0.3, -0.25) is 9.69 Å². The Morgan fingerprint density at radius 1 is 1.04 bits per heavy atom. The Bertz CT molecular complexity index is 762. The van der Waals surface area contributed by atoms with E-state index in [-0.39, 0.29) is 5.91 Å². The van der Waals surface area contributed by atoms with Crippen LogP contribution in [-0.2, 0) is 13.0 Å². The minimum atomic E-state index is 0.184. The second kappa shape index (κ2) is 7.63. The Morgan fingerprint density at radius 3 is 2.54 bits per heavy atom. The van der Waals surface area contributed by atoms with Crippen molar-refractivity contribution in [2.24, 2.45) is 0 Å². The van der Waals surface area contributed by atoms with Crippen LogP contribution in [0.4, 0.5) is 0 Å². The molecule has 1 aliphatic carbocycles. The molecular formula is C23H28N2O. The number of amides is 1. The van der Waals surface area contributed by atoms with Crippen LogP contribution in [0.2, 0.25) is 0 Å². The molecule has 2 aromatic rings. The van der Waals surface area contributed by atoms with Crippen LogP contribution >= 0.6 is 0 Å². The molecule has 0 radical (unpaired) electrons. The number of carbonyl (C=O) groups excluding carboxylic acids is 1. The first-order valence-electron chi connectivity index (χ1n) is 9.88. The van der Waals surface area contributed by atoms with Crippen molar-refractivity contribution in [2.45, 2.75) is 44.7 Å². The molecule has 136 valence electrons. The fraction of sp³-hybridized carbons (Fsp3) is 0.435. The summed E-state index contributed by atoms with van der Waals surface area (Å²) in [7, 11) is 2.22. The third-order valence-electron chi connectivity index (χ3n) is 5.90. The second-order valence-corrected chi connectivity index (χ2v) is 7.72. The molecule has 3 nitrogen and oxygen atoms in total. The fourth-order valence-electron chi connectivity index (χ4n) is 4.44. The molecule has 0 saturated carbocycles. The predicted molar refractivity (Wildman–Crippen MR) is 105 cm³/mol. The number of carbonyl (C=O) groups is 1. The predicted octanol–water partition coefficient (Wildman–Crippen LogP) is 4.43. The highest BCUT2D eigenvalue weighted by atomic mass is 16.2. The summed E-state index contributed by atoms with van der Waals surface area (Å²) in [4.78, 5) is 16.9. The molecule has 1 aliphatic heterocycles. The van der Waals surface area contributed by atoms with Crippen LogP contribution in [0.3, 0.4) is 0 Å². The molecule has 4 rings (SSSR count). The minimum Gasteiger partial charge on any atom is -0.339 e. The van der Waals surface area contributed by atoms with Crippen LogP contribution in [0.1, 0.15) is 58.8 Å². The lowest BCUT2D eigenvalue weighted by Gasteiger charge is -2.33. The van der Waals surface area contributed by atoms with Gasteiger partial charge in [-0.1, -0.05) is 36.4 Å². The molecule has 0 N–H and O–H groups in total. The van der Waals surface area contributed by atoms with Crippen molar-refractivity contribution in [3.63, 3.8) is 0 Å². The number of benzene rings is 2. The highest BCUT2D eigenvalue weighted by molar-refractivity contribution is 5.94. The van der Waals surface area contributed by atoms with Crippen molar-refractivity contribution in [2.75, 3.05) is 20.1 Å². The van der Waals surface area contributed by atoms with Crippen molar-refractivity contribution >= 4 is 5.91 Å². The van der Waals surface area contributed by atoms with Gasteiger partial charge in [-0.25, -0.2) is 0 Å². The van der Waals surface area contributed by atoms with Crippen LogP contribution in [-0.4, -0.2) is 35.8 Å². The number of rotatable bonds is 4. The molecule has 1 saturated heterocycles. The van der Waals surface area contributed by atoms with Crippen LogP contribution < -0.4 is 0 Å². The number of hydrogen-bond acceptors (Lipinski definition) is 2. The summed E-state index contributed by atoms with van der Waals surface area (Å²) in [5.41, 5.74) is 5.08. The normalized spacial score (nSPS) is 19.6. The van der Waals surface area contributed by atoms with Gasteiger partial charge in [-0.05, 0) is 68.0 Å². The Labute approximate surface area is 156 Å². The van der Waals surface area contributed by atoms with Gasteiger partial charge >= 0.3 is 0 Å². The Morgan fingerprint density at radius 2 is 1.77 bits per heavy atom. The summed E-state index contributed by atoms with van der Waals surface area (Å²) >= 11 is 0. The van der Waals surface area contributed by atoms with E-state index in [1.54, 1.807) is 0 Å². The zero-order valence-corrected chi connectivity index (χ0v) is 15.7. The molecule has 2 aliphatic rings. The molecule has 3 heteroatoms. The SMILES string of the molecule is CN(Cc1ccc(C(=O)N2CCCC2)cc1)[C@@H]1CCCc2ccccc21. The highest BCUT2D eigenvalue weighted by Gasteiger charge is 2.23. The third kappa shape index (κ3) is 3.54. The maximum absolute atomic E-state index is 12.5. The second-order valence-electron chi connectivity index (χ2n) is 7.72. The summed E-state index contributed by atoms with van der Waals surface area (Å²) in [5.74, 6) is 0.184. The number of aryl methyl sites for hydroxylation is 1. The molecule has 1 fully saturated rings. The molecule has 1 amide bonds. The number of fused-ring (bicyclic) bond motifs is 1. The van der Waals surface area contributed by atoms with Crippen molar-refractivity contribution in [3.8, 4) is 0 Å². The number of hydrogen-bond donors (Lipinski definition) is 0. The zero-order chi connectivity index (χ0) is 17.9. The van der Waals surface area contributed by atoms with Crippen LogP contribution in [0.15, 0.2) is 48.5 Å². The lowest BCUT2D eigenvalue weighted by Crippen LogP contribution is -2.28. The quantitative estimate of drug-likeness (QED) is 0.816. The monoisotopic (exact) mass is 348 g/mol. The van der Waals surface area contributed by atoms with E-state index in [1.807, 2.05) is 17.0 Å². The largest absolute Gasteiger partial charge is 0.339 e. The van der Waals surface area contributed by atoms with E-state index in [1.165, 1.54) is 36.0 Å². The molecule has 0 spiro atoms. The van der Waals surface area contributed by atoms with Crippen molar-refractivity contribution in [3.05, 3.63) is 70.8 Å². The smallest absolute Gasteiger partial charge is 0.253 e. The van der Waals surface area contributed by atoms with E-state index < -0.39 is 0 Å². The topological polar surface area (TPSA) is 23.6 Å². The Hall–Kier alpha value is -2.13. The van der Waals surface area contributed by atoms with E-state index in [2.05, 4.69) is 48.3 Å². The highest BCUT2D eigenvalue weighted by Crippen LogP contribution is 2.34. The van der Waals surface area contributed by atoms with E-state index >= 15 is 0 Å². The van der Waals surface area contributed by atoms with Gasteiger partial charge in [0.25, 0.3) is 5.91 Å². The average Bonchev–Trinajstić information content (AvgIpc) is 3.22. The zero-order valence-electron chi connectivity index (χ0n) is 15.7. The molecule has 0 aromatic heterocycles. The number of nitrogens with zero attached hydrogens (tertiary/aromatic N) is 2. The summed E-state index contributed by atoms with van der Waals surface area (Å²) in [6.45, 7) is 2.73. The maximum atomic E-state index is 12.5. The molecule has 0 unspecified atom stereocenters. The lowest BCUT2D eigenvalue weighted by molar-refractivity contribution is 0.0793. The summed E-state index contributed by atoms with van der Waals surface area (Å²) < 4.78 is 0.